The van der Waals surface area contributed by atoms with E-state index in [0.29, 0.717) is 17.3 Å². The Morgan fingerprint density at radius 1 is 1.14 bits per heavy atom. The van der Waals surface area contributed by atoms with Gasteiger partial charge in [0.1, 0.15) is 5.82 Å². The Hall–Kier alpha value is -2.76. The fourth-order valence-electron chi connectivity index (χ4n) is 2.07. The minimum absolute atomic E-state index is 0.456. The van der Waals surface area contributed by atoms with Crippen molar-refractivity contribution in [2.75, 3.05) is 5.73 Å². The van der Waals surface area contributed by atoms with E-state index >= 15 is 0 Å². The van der Waals surface area contributed by atoms with E-state index in [4.69, 9.17) is 5.73 Å². The molecular weight excluding hydrogens is 264 g/mol. The van der Waals surface area contributed by atoms with Crippen LogP contribution in [0.1, 0.15) is 19.0 Å². The summed E-state index contributed by atoms with van der Waals surface area (Å²) < 4.78 is 0. The predicted octanol–water partition coefficient (Wildman–Crippen LogP) is 2.26. The first kappa shape index (κ1) is 13.2. The van der Waals surface area contributed by atoms with Gasteiger partial charge in [-0.05, 0) is 18.6 Å². The molecule has 0 spiro atoms. The molecule has 6 heteroatoms. The number of hydrogen-bond donors (Lipinski definition) is 1. The number of anilines is 1. The zero-order valence-electron chi connectivity index (χ0n) is 11.8. The van der Waals surface area contributed by atoms with E-state index in [1.807, 2.05) is 30.3 Å². The van der Waals surface area contributed by atoms with Crippen molar-refractivity contribution in [2.45, 2.75) is 19.8 Å². The Morgan fingerprint density at radius 3 is 2.71 bits per heavy atom. The maximum atomic E-state index is 5.84. The van der Waals surface area contributed by atoms with E-state index in [1.165, 1.54) is 0 Å². The molecule has 2 N–H and O–H groups in total. The van der Waals surface area contributed by atoms with Crippen LogP contribution in [0.15, 0.2) is 42.6 Å². The van der Waals surface area contributed by atoms with Crippen molar-refractivity contribution in [3.63, 3.8) is 0 Å². The summed E-state index contributed by atoms with van der Waals surface area (Å²) in [6.07, 6.45) is 3.52. The lowest BCUT2D eigenvalue weighted by atomic mass is 10.2. The molecule has 0 unspecified atom stereocenters. The molecule has 0 amide bonds. The molecule has 3 aromatic rings. The van der Waals surface area contributed by atoms with Gasteiger partial charge in [0.25, 0.3) is 0 Å². The number of aromatic nitrogens is 5. The molecule has 0 radical (unpaired) electrons. The van der Waals surface area contributed by atoms with Crippen LogP contribution in [-0.2, 0) is 6.42 Å². The van der Waals surface area contributed by atoms with Gasteiger partial charge >= 0.3 is 0 Å². The number of aryl methyl sites for hydroxylation is 1. The van der Waals surface area contributed by atoms with Gasteiger partial charge < -0.3 is 5.73 Å². The van der Waals surface area contributed by atoms with Gasteiger partial charge in [0.05, 0.1) is 11.9 Å². The van der Waals surface area contributed by atoms with Crippen molar-refractivity contribution >= 4 is 5.82 Å². The van der Waals surface area contributed by atoms with Crippen LogP contribution in [0.3, 0.4) is 0 Å². The first-order chi connectivity index (χ1) is 10.3. The zero-order valence-corrected chi connectivity index (χ0v) is 11.8. The maximum absolute atomic E-state index is 5.84. The number of rotatable bonds is 4. The summed E-state index contributed by atoms with van der Waals surface area (Å²) in [5.74, 6) is 0.971. The molecule has 0 atom stereocenters. The summed E-state index contributed by atoms with van der Waals surface area (Å²) in [7, 11) is 0. The van der Waals surface area contributed by atoms with Gasteiger partial charge in [-0.15, -0.1) is 5.10 Å². The molecule has 6 nitrogen and oxygen atoms in total. The SMILES string of the molecule is CCCc1cc(N)nc(-c2cnn(-c3ccccc3)n2)n1. The largest absolute Gasteiger partial charge is 0.384 e. The molecule has 0 aliphatic rings. The van der Waals surface area contributed by atoms with Crippen LogP contribution in [0.25, 0.3) is 17.2 Å². The molecule has 0 bridgehead atoms. The molecule has 1 aromatic carbocycles. The monoisotopic (exact) mass is 280 g/mol. The molecule has 0 saturated heterocycles. The fraction of sp³-hybridized carbons (Fsp3) is 0.200. The standard InChI is InChI=1S/C15H16N6/c1-2-6-11-9-14(16)19-15(18-11)13-10-17-21(20-13)12-7-4-3-5-8-12/h3-5,7-10H,2,6H2,1H3,(H2,16,18,19). The third-order valence-corrected chi connectivity index (χ3v) is 3.01. The summed E-state index contributed by atoms with van der Waals surface area (Å²) in [4.78, 5) is 10.3. The third kappa shape index (κ3) is 2.89. The van der Waals surface area contributed by atoms with E-state index in [1.54, 1.807) is 17.1 Å². The van der Waals surface area contributed by atoms with Gasteiger partial charge in [-0.3, -0.25) is 0 Å². The fourth-order valence-corrected chi connectivity index (χ4v) is 2.07. The van der Waals surface area contributed by atoms with Crippen LogP contribution in [0, 0.1) is 0 Å². The molecule has 0 fully saturated rings. The molecule has 0 saturated carbocycles. The highest BCUT2D eigenvalue weighted by Crippen LogP contribution is 2.15. The average molecular weight is 280 g/mol. The number of nitrogen functional groups attached to an aromatic ring is 1. The van der Waals surface area contributed by atoms with Crippen molar-refractivity contribution in [3.05, 3.63) is 48.3 Å². The predicted molar refractivity (Wildman–Crippen MR) is 80.8 cm³/mol. The lowest BCUT2D eigenvalue weighted by molar-refractivity contribution is 0.752. The van der Waals surface area contributed by atoms with Crippen LogP contribution < -0.4 is 5.73 Å². The lowest BCUT2D eigenvalue weighted by Crippen LogP contribution is -2.02. The quantitative estimate of drug-likeness (QED) is 0.792. The van der Waals surface area contributed by atoms with E-state index in [0.717, 1.165) is 24.2 Å². The number of hydrogen-bond acceptors (Lipinski definition) is 5. The second-order valence-electron chi connectivity index (χ2n) is 4.71. The average Bonchev–Trinajstić information content (AvgIpc) is 2.98. The lowest BCUT2D eigenvalue weighted by Gasteiger charge is -2.02. The van der Waals surface area contributed by atoms with Crippen LogP contribution in [0.5, 0.6) is 0 Å². The first-order valence-corrected chi connectivity index (χ1v) is 6.88. The molecule has 2 aromatic heterocycles. The van der Waals surface area contributed by atoms with Crippen molar-refractivity contribution < 1.29 is 0 Å². The number of benzene rings is 1. The van der Waals surface area contributed by atoms with Gasteiger partial charge in [-0.2, -0.15) is 9.90 Å². The molecule has 2 heterocycles. The Kier molecular flexibility index (Phi) is 3.59. The first-order valence-electron chi connectivity index (χ1n) is 6.88. The summed E-state index contributed by atoms with van der Waals surface area (Å²) >= 11 is 0. The summed E-state index contributed by atoms with van der Waals surface area (Å²) in [6, 6.07) is 11.5. The summed E-state index contributed by atoms with van der Waals surface area (Å²) in [5, 5.41) is 8.67. The maximum Gasteiger partial charge on any atom is 0.184 e. The number of nitrogens with two attached hydrogens (primary N) is 1. The second-order valence-corrected chi connectivity index (χ2v) is 4.71. The molecule has 3 rings (SSSR count). The minimum Gasteiger partial charge on any atom is -0.384 e. The number of para-hydroxylation sites is 1. The van der Waals surface area contributed by atoms with Crippen LogP contribution in [0.4, 0.5) is 5.82 Å². The normalized spacial score (nSPS) is 10.7. The van der Waals surface area contributed by atoms with E-state index in [9.17, 15) is 0 Å². The molecule has 106 valence electrons. The highest BCUT2D eigenvalue weighted by atomic mass is 15.5. The van der Waals surface area contributed by atoms with E-state index in [2.05, 4.69) is 27.1 Å². The van der Waals surface area contributed by atoms with Crippen LogP contribution in [0.2, 0.25) is 0 Å². The summed E-state index contributed by atoms with van der Waals surface area (Å²) in [5.41, 5.74) is 8.27. The Morgan fingerprint density at radius 2 is 1.95 bits per heavy atom. The van der Waals surface area contributed by atoms with Gasteiger partial charge in [0.15, 0.2) is 11.5 Å². The molecule has 21 heavy (non-hydrogen) atoms. The van der Waals surface area contributed by atoms with Gasteiger partial charge in [-0.1, -0.05) is 31.5 Å². The smallest absolute Gasteiger partial charge is 0.184 e. The zero-order chi connectivity index (χ0) is 14.7. The summed E-state index contributed by atoms with van der Waals surface area (Å²) in [6.45, 7) is 2.10. The van der Waals surface area contributed by atoms with E-state index < -0.39 is 0 Å². The van der Waals surface area contributed by atoms with Crippen molar-refractivity contribution in [3.8, 4) is 17.2 Å². The van der Waals surface area contributed by atoms with Crippen molar-refractivity contribution in [1.29, 1.82) is 0 Å². The van der Waals surface area contributed by atoms with E-state index in [-0.39, 0.29) is 0 Å². The number of nitrogens with zero attached hydrogens (tertiary/aromatic N) is 5. The topological polar surface area (TPSA) is 82.5 Å². The Labute approximate surface area is 122 Å². The van der Waals surface area contributed by atoms with Crippen LogP contribution in [-0.4, -0.2) is 25.0 Å². The Balaban J connectivity index is 1.96. The van der Waals surface area contributed by atoms with Crippen molar-refractivity contribution in [2.24, 2.45) is 0 Å². The molecular formula is C15H16N6. The minimum atomic E-state index is 0.456. The highest BCUT2D eigenvalue weighted by Gasteiger charge is 2.10. The van der Waals surface area contributed by atoms with Crippen molar-refractivity contribution in [1.82, 2.24) is 25.0 Å². The second kappa shape index (κ2) is 5.70. The van der Waals surface area contributed by atoms with Gasteiger partial charge in [-0.25, -0.2) is 9.97 Å². The third-order valence-electron chi connectivity index (χ3n) is 3.01. The highest BCUT2D eigenvalue weighted by molar-refractivity contribution is 5.51. The Bertz CT molecular complexity index is 735. The molecule has 0 aliphatic heterocycles. The van der Waals surface area contributed by atoms with Gasteiger partial charge in [0, 0.05) is 11.8 Å². The van der Waals surface area contributed by atoms with Crippen LogP contribution >= 0.6 is 0 Å². The van der Waals surface area contributed by atoms with Gasteiger partial charge in [0.2, 0.25) is 0 Å². The molecule has 0 aliphatic carbocycles.